The van der Waals surface area contributed by atoms with Crippen molar-refractivity contribution in [2.24, 2.45) is 0 Å². The molecule has 0 aliphatic carbocycles. The van der Waals surface area contributed by atoms with E-state index in [1.54, 1.807) is 24.3 Å². The van der Waals surface area contributed by atoms with Crippen LogP contribution in [0.1, 0.15) is 20.7 Å². The molecule has 2 heterocycles. The topological polar surface area (TPSA) is 94.6 Å². The highest BCUT2D eigenvalue weighted by atomic mass is 32.1. The Hall–Kier alpha value is -4.04. The number of para-hydroxylation sites is 1. The van der Waals surface area contributed by atoms with Crippen molar-refractivity contribution in [3.8, 4) is 16.3 Å². The zero-order chi connectivity index (χ0) is 22.1. The summed E-state index contributed by atoms with van der Waals surface area (Å²) in [6.45, 7) is -0.493. The molecule has 0 saturated carbocycles. The zero-order valence-corrected chi connectivity index (χ0v) is 17.5. The number of nitrogens with one attached hydrogen (secondary N) is 1. The van der Waals surface area contributed by atoms with Gasteiger partial charge in [0.05, 0.1) is 21.5 Å². The largest absolute Gasteiger partial charge is 0.482 e. The molecule has 3 aromatic carbocycles. The number of hydrogen-bond acceptors (Lipinski definition) is 7. The average molecular weight is 444 g/mol. The fraction of sp³-hybridized carbons (Fsp3) is 0.0833. The van der Waals surface area contributed by atoms with Crippen LogP contribution in [0.15, 0.2) is 66.7 Å². The molecule has 8 heteroatoms. The molecule has 5 rings (SSSR count). The summed E-state index contributed by atoms with van der Waals surface area (Å²) < 4.78 is 11.6. The van der Waals surface area contributed by atoms with Gasteiger partial charge in [-0.15, -0.1) is 11.3 Å². The van der Waals surface area contributed by atoms with Crippen LogP contribution in [0.5, 0.6) is 5.75 Å². The number of fused-ring (bicyclic) bond motifs is 2. The van der Waals surface area contributed by atoms with Gasteiger partial charge in [-0.2, -0.15) is 0 Å². The molecule has 0 spiro atoms. The fourth-order valence-corrected chi connectivity index (χ4v) is 4.39. The second kappa shape index (κ2) is 8.24. The molecule has 0 fully saturated rings. The van der Waals surface area contributed by atoms with E-state index in [4.69, 9.17) is 9.47 Å². The zero-order valence-electron chi connectivity index (χ0n) is 16.7. The van der Waals surface area contributed by atoms with Gasteiger partial charge in [0, 0.05) is 11.1 Å². The van der Waals surface area contributed by atoms with E-state index in [2.05, 4.69) is 10.3 Å². The highest BCUT2D eigenvalue weighted by Crippen LogP contribution is 2.32. The van der Waals surface area contributed by atoms with Crippen LogP contribution in [0.2, 0.25) is 0 Å². The molecule has 158 valence electrons. The molecule has 1 amide bonds. The van der Waals surface area contributed by atoms with Crippen molar-refractivity contribution in [2.75, 3.05) is 18.5 Å². The molecule has 1 N–H and O–H groups in total. The Kier molecular flexibility index (Phi) is 5.12. The molecule has 0 bridgehead atoms. The Balaban J connectivity index is 1.33. The molecule has 1 aliphatic heterocycles. The van der Waals surface area contributed by atoms with E-state index in [1.807, 2.05) is 36.4 Å². The molecule has 1 aromatic heterocycles. The number of aromatic nitrogens is 1. The smallest absolute Gasteiger partial charge is 0.339 e. The van der Waals surface area contributed by atoms with Gasteiger partial charge >= 0.3 is 5.97 Å². The third kappa shape index (κ3) is 3.83. The number of ketones is 1. The predicted molar refractivity (Wildman–Crippen MR) is 120 cm³/mol. The molecule has 32 heavy (non-hydrogen) atoms. The molecule has 0 saturated heterocycles. The maximum Gasteiger partial charge on any atom is 0.339 e. The van der Waals surface area contributed by atoms with Crippen molar-refractivity contribution in [3.63, 3.8) is 0 Å². The van der Waals surface area contributed by atoms with E-state index in [1.165, 1.54) is 17.4 Å². The molecule has 7 nitrogen and oxygen atoms in total. The second-order valence-electron chi connectivity index (χ2n) is 7.08. The van der Waals surface area contributed by atoms with Gasteiger partial charge in [0.2, 0.25) is 0 Å². The van der Waals surface area contributed by atoms with Gasteiger partial charge in [-0.25, -0.2) is 9.78 Å². The summed E-state index contributed by atoms with van der Waals surface area (Å²) in [6, 6.07) is 19.5. The SMILES string of the molecule is O=C1COc2ccc(C(=O)COC(=O)c3ccccc3-c3nc4ccccc4s3)cc2N1. The van der Waals surface area contributed by atoms with Gasteiger partial charge in [0.15, 0.2) is 19.0 Å². The van der Waals surface area contributed by atoms with E-state index >= 15 is 0 Å². The first-order valence-corrected chi connectivity index (χ1v) is 10.6. The summed E-state index contributed by atoms with van der Waals surface area (Å²) in [7, 11) is 0. The summed E-state index contributed by atoms with van der Waals surface area (Å²) in [5.41, 5.74) is 2.57. The van der Waals surface area contributed by atoms with E-state index in [-0.39, 0.29) is 12.5 Å². The molecule has 1 aliphatic rings. The summed E-state index contributed by atoms with van der Waals surface area (Å²) in [6.07, 6.45) is 0. The van der Waals surface area contributed by atoms with E-state index in [0.717, 1.165) is 10.2 Å². The lowest BCUT2D eigenvalue weighted by molar-refractivity contribution is -0.118. The lowest BCUT2D eigenvalue weighted by Gasteiger charge is -2.18. The second-order valence-corrected chi connectivity index (χ2v) is 8.11. The van der Waals surface area contributed by atoms with Crippen molar-refractivity contribution in [2.45, 2.75) is 0 Å². The van der Waals surface area contributed by atoms with Crippen LogP contribution in [0.25, 0.3) is 20.8 Å². The van der Waals surface area contributed by atoms with Crippen molar-refractivity contribution in [3.05, 3.63) is 77.9 Å². The Morgan fingerprint density at radius 3 is 2.75 bits per heavy atom. The lowest BCUT2D eigenvalue weighted by atomic mass is 10.1. The van der Waals surface area contributed by atoms with Crippen LogP contribution in [0.3, 0.4) is 0 Å². The number of hydrogen-bond donors (Lipinski definition) is 1. The number of anilines is 1. The minimum Gasteiger partial charge on any atom is -0.482 e. The quantitative estimate of drug-likeness (QED) is 0.364. The van der Waals surface area contributed by atoms with Gasteiger partial charge in [-0.1, -0.05) is 30.3 Å². The molecular formula is C24H16N2O5S. The first-order valence-electron chi connectivity index (χ1n) is 9.80. The predicted octanol–water partition coefficient (Wildman–Crippen LogP) is 4.33. The first-order chi connectivity index (χ1) is 15.6. The van der Waals surface area contributed by atoms with E-state index in [9.17, 15) is 14.4 Å². The standard InChI is InChI=1S/C24H16N2O5S/c27-19(14-9-10-20-18(11-14)25-22(28)13-30-20)12-31-24(29)16-6-2-1-5-15(16)23-26-17-7-3-4-8-21(17)32-23/h1-11H,12-13H2,(H,25,28). The first kappa shape index (κ1) is 19.9. The number of esters is 1. The van der Waals surface area contributed by atoms with Crippen molar-refractivity contribution in [1.82, 2.24) is 4.98 Å². The molecule has 0 unspecified atom stereocenters. The number of Topliss-reactive ketones (excluding diaryl/α,β-unsaturated/α-hetero) is 1. The molecule has 0 radical (unpaired) electrons. The number of carbonyl (C=O) groups excluding carboxylic acids is 3. The molecule has 0 atom stereocenters. The van der Waals surface area contributed by atoms with Gasteiger partial charge in [-0.05, 0) is 36.4 Å². The highest BCUT2D eigenvalue weighted by molar-refractivity contribution is 7.21. The third-order valence-electron chi connectivity index (χ3n) is 4.94. The number of nitrogens with zero attached hydrogens (tertiary/aromatic N) is 1. The van der Waals surface area contributed by atoms with Gasteiger partial charge in [-0.3, -0.25) is 9.59 Å². The number of thiazole rings is 1. The monoisotopic (exact) mass is 444 g/mol. The van der Waals surface area contributed by atoms with Crippen molar-refractivity contribution in [1.29, 1.82) is 0 Å². The number of amides is 1. The minimum atomic E-state index is -0.609. The number of carbonyl (C=O) groups is 3. The summed E-state index contributed by atoms with van der Waals surface area (Å²) in [5.74, 6) is -0.802. The van der Waals surface area contributed by atoms with Crippen LogP contribution in [-0.2, 0) is 9.53 Å². The number of benzene rings is 3. The van der Waals surface area contributed by atoms with Crippen LogP contribution in [-0.4, -0.2) is 35.9 Å². The minimum absolute atomic E-state index is 0.0635. The summed E-state index contributed by atoms with van der Waals surface area (Å²) >= 11 is 1.48. The number of ether oxygens (including phenoxy) is 2. The van der Waals surface area contributed by atoms with Gasteiger partial charge in [0.25, 0.3) is 5.91 Å². The average Bonchev–Trinajstić information content (AvgIpc) is 3.26. The third-order valence-corrected chi connectivity index (χ3v) is 6.01. The Morgan fingerprint density at radius 1 is 1.06 bits per heavy atom. The van der Waals surface area contributed by atoms with Crippen LogP contribution in [0, 0.1) is 0 Å². The van der Waals surface area contributed by atoms with Crippen molar-refractivity contribution >= 4 is 44.9 Å². The Labute approximate surface area is 186 Å². The lowest BCUT2D eigenvalue weighted by Crippen LogP contribution is -2.25. The van der Waals surface area contributed by atoms with Crippen LogP contribution in [0.4, 0.5) is 5.69 Å². The fourth-order valence-electron chi connectivity index (χ4n) is 3.38. The highest BCUT2D eigenvalue weighted by Gasteiger charge is 2.20. The van der Waals surface area contributed by atoms with E-state index < -0.39 is 18.4 Å². The van der Waals surface area contributed by atoms with Crippen molar-refractivity contribution < 1.29 is 23.9 Å². The Morgan fingerprint density at radius 2 is 1.88 bits per heavy atom. The number of rotatable bonds is 5. The van der Waals surface area contributed by atoms with Crippen LogP contribution < -0.4 is 10.1 Å². The van der Waals surface area contributed by atoms with E-state index in [0.29, 0.717) is 33.1 Å². The summed E-state index contributed by atoms with van der Waals surface area (Å²) in [4.78, 5) is 41.5. The normalized spacial score (nSPS) is 12.6. The Bertz CT molecular complexity index is 1340. The molecular weight excluding hydrogens is 428 g/mol. The molecule has 4 aromatic rings. The van der Waals surface area contributed by atoms with Crippen LogP contribution >= 0.6 is 11.3 Å². The van der Waals surface area contributed by atoms with Gasteiger partial charge < -0.3 is 14.8 Å². The maximum atomic E-state index is 12.8. The summed E-state index contributed by atoms with van der Waals surface area (Å²) in [5, 5.41) is 3.36. The maximum absolute atomic E-state index is 12.8. The van der Waals surface area contributed by atoms with Gasteiger partial charge in [0.1, 0.15) is 10.8 Å².